The molecule has 8 heteroatoms. The molecule has 3 N–H and O–H groups in total. The summed E-state index contributed by atoms with van der Waals surface area (Å²) in [7, 11) is -0.759. The van der Waals surface area contributed by atoms with Crippen molar-refractivity contribution in [2.45, 2.75) is 17.0 Å². The summed E-state index contributed by atoms with van der Waals surface area (Å²) in [6.07, 6.45) is 11.1. The van der Waals surface area contributed by atoms with Crippen LogP contribution in [0.3, 0.4) is 0 Å². The fourth-order valence-corrected chi connectivity index (χ4v) is 5.11. The normalized spacial score (nSPS) is 17.8. The van der Waals surface area contributed by atoms with Gasteiger partial charge in [-0.3, -0.25) is 22.8 Å². The molecule has 1 atom stereocenters. The van der Waals surface area contributed by atoms with E-state index in [2.05, 4.69) is 54.0 Å². The molecule has 0 aliphatic carbocycles. The van der Waals surface area contributed by atoms with Gasteiger partial charge in [0.2, 0.25) is 5.91 Å². The van der Waals surface area contributed by atoms with Crippen molar-refractivity contribution in [2.75, 3.05) is 63.3 Å². The van der Waals surface area contributed by atoms with E-state index in [1.807, 2.05) is 17.0 Å². The maximum absolute atomic E-state index is 13.2. The molecule has 0 aromatic heterocycles. The second-order valence-electron chi connectivity index (χ2n) is 11.7. The Kier molecular flexibility index (Phi) is 6.34. The number of likely N-dealkylation sites (tertiary alicyclic amines) is 1. The van der Waals surface area contributed by atoms with Crippen LogP contribution in [0.15, 0.2) is 53.4 Å². The highest BCUT2D eigenvalue weighted by Gasteiger charge is 2.38. The van der Waals surface area contributed by atoms with Crippen LogP contribution in [0, 0.1) is 0 Å². The van der Waals surface area contributed by atoms with Crippen LogP contribution in [0.5, 0.6) is 5.75 Å². The average Bonchev–Trinajstić information content (AvgIpc) is 2.69. The molecule has 182 valence electrons. The predicted octanol–water partition coefficient (Wildman–Crippen LogP) is 2.55. The smallest absolute Gasteiger partial charge is 0.251 e. The molecule has 1 saturated heterocycles. The molecule has 1 aliphatic heterocycles. The number of benzene rings is 2. The number of carbonyl (C=O) groups excluding carboxylic acids is 2. The molecule has 3 rings (SSSR count). The Balaban J connectivity index is 1.77. The summed E-state index contributed by atoms with van der Waals surface area (Å²) in [5.41, 5.74) is 1.33. The van der Waals surface area contributed by atoms with Gasteiger partial charge in [-0.1, -0.05) is 12.1 Å². The predicted molar refractivity (Wildman–Crippen MR) is 137 cm³/mol. The maximum Gasteiger partial charge on any atom is 0.251 e. The first-order valence-corrected chi connectivity index (χ1v) is 15.4. The first-order chi connectivity index (χ1) is 15.1. The largest absolute Gasteiger partial charge is 0.497 e. The number of carbonyl (C=O) groups is 2. The summed E-state index contributed by atoms with van der Waals surface area (Å²) in [5, 5.41) is 15.2. The van der Waals surface area contributed by atoms with Crippen molar-refractivity contribution in [1.29, 1.82) is 0 Å². The number of methoxy groups -OCH3 is 1. The van der Waals surface area contributed by atoms with Crippen LogP contribution in [-0.2, 0) is 9.59 Å². The third-order valence-corrected chi connectivity index (χ3v) is 8.25. The van der Waals surface area contributed by atoms with E-state index in [0.29, 0.717) is 30.1 Å². The van der Waals surface area contributed by atoms with Gasteiger partial charge in [0.1, 0.15) is 11.8 Å². The Morgan fingerprint density at radius 2 is 1.61 bits per heavy atom. The van der Waals surface area contributed by atoms with E-state index in [1.54, 1.807) is 31.4 Å². The molecule has 2 aromatic rings. The summed E-state index contributed by atoms with van der Waals surface area (Å²) < 4.78 is 5.21. The summed E-state index contributed by atoms with van der Waals surface area (Å²) in [5.74, 6) is 0.0718. The van der Waals surface area contributed by atoms with E-state index in [9.17, 15) is 14.7 Å². The number of aliphatic hydroxyl groups excluding tert-OH is 1. The summed E-state index contributed by atoms with van der Waals surface area (Å²) >= 11 is 0. The minimum absolute atomic E-state index is 0.135. The highest BCUT2D eigenvalue weighted by Crippen LogP contribution is 2.81. The lowest BCUT2D eigenvalue weighted by Gasteiger charge is -2.66. The Morgan fingerprint density at radius 1 is 1.03 bits per heavy atom. The molecule has 33 heavy (non-hydrogen) atoms. The third-order valence-electron chi connectivity index (χ3n) is 5.62. The number of ether oxygens (including phenoxy) is 1. The van der Waals surface area contributed by atoms with E-state index in [1.165, 1.54) is 4.90 Å². The zero-order valence-corrected chi connectivity index (χ0v) is 21.2. The monoisotopic (exact) mass is 475 g/mol. The van der Waals surface area contributed by atoms with Gasteiger partial charge in [0.25, 0.3) is 5.91 Å². The summed E-state index contributed by atoms with van der Waals surface area (Å²) in [6.45, 7) is 1.06. The second-order valence-corrected chi connectivity index (χ2v) is 22.4. The molecule has 0 spiro atoms. The minimum atomic E-state index is -2.34. The molecule has 1 heterocycles. The van der Waals surface area contributed by atoms with Crippen molar-refractivity contribution in [1.82, 2.24) is 10.2 Å². The molecule has 0 radical (unpaired) electrons. The number of aliphatic hydroxyl groups is 1. The first-order valence-electron chi connectivity index (χ1n) is 10.9. The van der Waals surface area contributed by atoms with Gasteiger partial charge in [-0.15, -0.1) is 0 Å². The second kappa shape index (κ2) is 8.34. The first kappa shape index (κ1) is 25.1. The zero-order chi connectivity index (χ0) is 24.5. The van der Waals surface area contributed by atoms with Crippen LogP contribution in [-0.4, -0.2) is 85.9 Å². The van der Waals surface area contributed by atoms with E-state index in [-0.39, 0.29) is 24.5 Å². The Hall–Kier alpha value is -2.55. The molecule has 1 unspecified atom stereocenters. The van der Waals surface area contributed by atoms with Crippen molar-refractivity contribution >= 4 is 25.8 Å². The molecule has 2 aromatic carbocycles. The van der Waals surface area contributed by atoms with Crippen LogP contribution >= 0.6 is 8.29 Å². The highest BCUT2D eigenvalue weighted by molar-refractivity contribution is 8.62. The lowest BCUT2D eigenvalue weighted by atomic mass is 10.1. The van der Waals surface area contributed by atoms with Crippen LogP contribution in [0.4, 0.5) is 5.69 Å². The fraction of sp³-hybridized carbons (Fsp3) is 0.440. The lowest BCUT2D eigenvalue weighted by molar-refractivity contribution is -0.129. The van der Waals surface area contributed by atoms with Crippen LogP contribution in [0.1, 0.15) is 11.6 Å². The van der Waals surface area contributed by atoms with Gasteiger partial charge < -0.3 is 20.5 Å². The Morgan fingerprint density at radius 3 is 2.09 bits per heavy atom. The minimum Gasteiger partial charge on any atom is -0.497 e. The quantitative estimate of drug-likeness (QED) is 0.546. The maximum atomic E-state index is 13.2. The number of anilines is 1. The standard InChI is InChI=1S/C25H37N3O4S/c1-32-21-11-7-18(8-12-21)24(27-23(30)17-28-15-20(29)16-28)25(31)26-19-9-13-22(14-10-19)33(2,3,4,5)6/h7-14,20,24,29H,15-17H2,1-6H3,(H,26,31)(H,27,30). The average molecular weight is 476 g/mol. The van der Waals surface area contributed by atoms with E-state index < -0.39 is 14.3 Å². The van der Waals surface area contributed by atoms with Gasteiger partial charge in [0.05, 0.1) is 19.8 Å². The molecule has 1 fully saturated rings. The summed E-state index contributed by atoms with van der Waals surface area (Å²) in [4.78, 5) is 28.9. The third kappa shape index (κ3) is 6.72. The summed E-state index contributed by atoms with van der Waals surface area (Å²) in [6, 6.07) is 14.1. The van der Waals surface area contributed by atoms with E-state index in [0.717, 1.165) is 0 Å². The van der Waals surface area contributed by atoms with Gasteiger partial charge >= 0.3 is 0 Å². The number of nitrogens with one attached hydrogen (secondary N) is 2. The molecular formula is C25H37N3O4S. The van der Waals surface area contributed by atoms with Crippen LogP contribution in [0.25, 0.3) is 0 Å². The SMILES string of the molecule is COc1ccc(C(NC(=O)CN2CC(O)C2)C(=O)Nc2ccc(S(C)(C)(C)(C)C)cc2)cc1. The van der Waals surface area contributed by atoms with Gasteiger partial charge in [-0.05, 0) is 78.1 Å². The van der Waals surface area contributed by atoms with Crippen molar-refractivity contribution in [2.24, 2.45) is 0 Å². The van der Waals surface area contributed by atoms with E-state index >= 15 is 0 Å². The topological polar surface area (TPSA) is 90.9 Å². The molecule has 7 nitrogen and oxygen atoms in total. The highest BCUT2D eigenvalue weighted by atomic mass is 32.4. The number of β-amino-alcohol motifs (C(OH)–C–C–N with tert-alkyl or cyclic N) is 1. The lowest BCUT2D eigenvalue weighted by Crippen LogP contribution is -2.54. The zero-order valence-electron chi connectivity index (χ0n) is 20.4. The van der Waals surface area contributed by atoms with Gasteiger partial charge in [-0.2, -0.15) is 0 Å². The van der Waals surface area contributed by atoms with Gasteiger partial charge in [0, 0.05) is 18.8 Å². The van der Waals surface area contributed by atoms with Crippen molar-refractivity contribution in [3.63, 3.8) is 0 Å². The molecular weight excluding hydrogens is 438 g/mol. The number of hydrogen-bond acceptors (Lipinski definition) is 5. The number of amides is 2. The van der Waals surface area contributed by atoms with E-state index in [4.69, 9.17) is 4.74 Å². The van der Waals surface area contributed by atoms with Crippen molar-refractivity contribution in [3.05, 3.63) is 54.1 Å². The van der Waals surface area contributed by atoms with Gasteiger partial charge in [-0.25, -0.2) is 0 Å². The van der Waals surface area contributed by atoms with Crippen LogP contribution in [0.2, 0.25) is 0 Å². The van der Waals surface area contributed by atoms with Gasteiger partial charge in [0.15, 0.2) is 0 Å². The number of rotatable bonds is 8. The number of nitrogens with zero attached hydrogens (tertiary/aromatic N) is 1. The molecule has 0 bridgehead atoms. The Bertz CT molecular complexity index is 1010. The molecule has 1 aliphatic rings. The molecule has 2 amide bonds. The number of hydrogen-bond donors (Lipinski definition) is 3. The van der Waals surface area contributed by atoms with Crippen LogP contribution < -0.4 is 15.4 Å². The van der Waals surface area contributed by atoms with Crippen molar-refractivity contribution < 1.29 is 19.4 Å². The Labute approximate surface area is 195 Å². The fourth-order valence-electron chi connectivity index (χ4n) is 3.61. The molecule has 0 saturated carbocycles. The van der Waals surface area contributed by atoms with Crippen molar-refractivity contribution in [3.8, 4) is 5.75 Å².